The second-order valence-electron chi connectivity index (χ2n) is 8.72. The van der Waals surface area contributed by atoms with Crippen LogP contribution < -0.4 is 25.2 Å². The zero-order valence-corrected chi connectivity index (χ0v) is 19.9. The molecule has 4 heterocycles. The van der Waals surface area contributed by atoms with E-state index in [4.69, 9.17) is 9.47 Å². The van der Waals surface area contributed by atoms with Crippen molar-refractivity contribution in [2.45, 2.75) is 17.0 Å². The number of hydrogen-bond donors (Lipinski definition) is 2. The number of anilines is 3. The summed E-state index contributed by atoms with van der Waals surface area (Å²) >= 11 is 1.50. The second kappa shape index (κ2) is 8.90. The van der Waals surface area contributed by atoms with Gasteiger partial charge >= 0.3 is 6.09 Å². The molecule has 2 fully saturated rings. The number of hydrogen-bond acceptors (Lipinski definition) is 9. The summed E-state index contributed by atoms with van der Waals surface area (Å²) in [7, 11) is 1.65. The van der Waals surface area contributed by atoms with Crippen LogP contribution in [0.15, 0.2) is 47.6 Å². The number of nitrogens with one attached hydrogen (secondary N) is 2. The average Bonchev–Trinajstić information content (AvgIpc) is 3.22. The molecule has 2 saturated heterocycles. The monoisotopic (exact) mass is 492 g/mol. The molecule has 0 radical (unpaired) electrons. The molecule has 1 atom stereocenters. The summed E-state index contributed by atoms with van der Waals surface area (Å²) in [6.07, 6.45) is 0.964. The third-order valence-electron chi connectivity index (χ3n) is 6.42. The minimum Gasteiger partial charge on any atom is -0.497 e. The third kappa shape index (κ3) is 4.21. The van der Waals surface area contributed by atoms with E-state index in [1.807, 2.05) is 36.4 Å². The standard InChI is InChI=1S/C24H24N6O4S/c1-33-16-3-4-19-18(7-16)23(27-13-26-19)29-9-14(10-29)25-8-17-11-30(24(32)34-17)15-2-5-21-20(6-15)28-22(31)12-35-21/h2-7,13-14,17,25H,8-12H2,1H3,(H,28,31). The summed E-state index contributed by atoms with van der Waals surface area (Å²) in [5, 5.41) is 7.34. The van der Waals surface area contributed by atoms with Crippen LogP contribution in [0.1, 0.15) is 0 Å². The Balaban J connectivity index is 1.05. The Labute approximate surface area is 206 Å². The molecule has 0 spiro atoms. The number of carbonyl (C=O) groups is 2. The van der Waals surface area contributed by atoms with Crippen LogP contribution in [0.5, 0.6) is 5.75 Å². The third-order valence-corrected chi connectivity index (χ3v) is 7.49. The van der Waals surface area contributed by atoms with Crippen molar-refractivity contribution in [3.05, 3.63) is 42.7 Å². The van der Waals surface area contributed by atoms with Crippen molar-refractivity contribution in [3.8, 4) is 5.75 Å². The highest BCUT2D eigenvalue weighted by Gasteiger charge is 2.35. The van der Waals surface area contributed by atoms with E-state index in [-0.39, 0.29) is 24.1 Å². The molecule has 1 aromatic heterocycles. The van der Waals surface area contributed by atoms with Gasteiger partial charge in [-0.25, -0.2) is 14.8 Å². The summed E-state index contributed by atoms with van der Waals surface area (Å²) < 4.78 is 10.9. The number of fused-ring (bicyclic) bond motifs is 2. The molecule has 3 aliphatic rings. The van der Waals surface area contributed by atoms with Crippen molar-refractivity contribution in [3.63, 3.8) is 0 Å². The van der Waals surface area contributed by atoms with Crippen LogP contribution in [0.4, 0.5) is 22.0 Å². The molecule has 1 unspecified atom stereocenters. The fraction of sp³-hybridized carbons (Fsp3) is 0.333. The van der Waals surface area contributed by atoms with Gasteiger partial charge in [0.15, 0.2) is 0 Å². The fourth-order valence-corrected chi connectivity index (χ4v) is 5.35. The Hall–Kier alpha value is -3.57. The van der Waals surface area contributed by atoms with Crippen LogP contribution in [0, 0.1) is 0 Å². The predicted octanol–water partition coefficient (Wildman–Crippen LogP) is 2.49. The smallest absolute Gasteiger partial charge is 0.414 e. The van der Waals surface area contributed by atoms with Crippen LogP contribution in [-0.2, 0) is 9.53 Å². The molecule has 180 valence electrons. The van der Waals surface area contributed by atoms with Crippen LogP contribution in [0.3, 0.4) is 0 Å². The fourth-order valence-electron chi connectivity index (χ4n) is 4.56. The normalized spacial score (nSPS) is 19.9. The van der Waals surface area contributed by atoms with E-state index in [1.54, 1.807) is 18.3 Å². The quantitative estimate of drug-likeness (QED) is 0.536. The first-order valence-electron chi connectivity index (χ1n) is 11.4. The molecule has 11 heteroatoms. The molecular formula is C24H24N6O4S. The van der Waals surface area contributed by atoms with E-state index in [0.717, 1.165) is 51.8 Å². The zero-order valence-electron chi connectivity index (χ0n) is 19.1. The summed E-state index contributed by atoms with van der Waals surface area (Å²) in [6, 6.07) is 11.7. The van der Waals surface area contributed by atoms with E-state index in [2.05, 4.69) is 25.5 Å². The Morgan fingerprint density at radius 3 is 2.91 bits per heavy atom. The van der Waals surface area contributed by atoms with Crippen molar-refractivity contribution >= 4 is 51.9 Å². The number of carbonyl (C=O) groups excluding carboxylic acids is 2. The van der Waals surface area contributed by atoms with E-state index in [9.17, 15) is 9.59 Å². The van der Waals surface area contributed by atoms with Crippen LogP contribution >= 0.6 is 11.8 Å². The number of methoxy groups -OCH3 is 1. The Morgan fingerprint density at radius 2 is 2.06 bits per heavy atom. The largest absolute Gasteiger partial charge is 0.497 e. The van der Waals surface area contributed by atoms with Gasteiger partial charge in [0.1, 0.15) is 24.0 Å². The number of ether oxygens (including phenoxy) is 2. The summed E-state index contributed by atoms with van der Waals surface area (Å²) in [5.74, 6) is 2.04. The first kappa shape index (κ1) is 21.9. The highest BCUT2D eigenvalue weighted by Crippen LogP contribution is 2.35. The zero-order chi connectivity index (χ0) is 23.9. The maximum absolute atomic E-state index is 12.5. The first-order valence-corrected chi connectivity index (χ1v) is 12.4. The molecule has 0 aliphatic carbocycles. The summed E-state index contributed by atoms with van der Waals surface area (Å²) in [4.78, 5) is 37.9. The maximum Gasteiger partial charge on any atom is 0.414 e. The lowest BCUT2D eigenvalue weighted by molar-refractivity contribution is -0.113. The van der Waals surface area contributed by atoms with Crippen LogP contribution in [0.2, 0.25) is 0 Å². The van der Waals surface area contributed by atoms with E-state index < -0.39 is 0 Å². The molecule has 2 N–H and O–H groups in total. The highest BCUT2D eigenvalue weighted by atomic mass is 32.2. The highest BCUT2D eigenvalue weighted by molar-refractivity contribution is 8.00. The van der Waals surface area contributed by atoms with Gasteiger partial charge < -0.3 is 25.0 Å². The lowest BCUT2D eigenvalue weighted by atomic mass is 10.1. The van der Waals surface area contributed by atoms with Crippen molar-refractivity contribution in [1.29, 1.82) is 0 Å². The molecule has 2 aromatic carbocycles. The van der Waals surface area contributed by atoms with Gasteiger partial charge in [-0.2, -0.15) is 0 Å². The Kier molecular flexibility index (Phi) is 5.57. The Morgan fingerprint density at radius 1 is 1.17 bits per heavy atom. The van der Waals surface area contributed by atoms with Gasteiger partial charge in [0.2, 0.25) is 5.91 Å². The average molecular weight is 493 g/mol. The van der Waals surface area contributed by atoms with Gasteiger partial charge in [-0.3, -0.25) is 9.69 Å². The predicted molar refractivity (Wildman–Crippen MR) is 134 cm³/mol. The number of thioether (sulfide) groups is 1. The minimum atomic E-state index is -0.372. The number of benzene rings is 2. The second-order valence-corrected chi connectivity index (χ2v) is 9.74. The van der Waals surface area contributed by atoms with Gasteiger partial charge in [-0.15, -0.1) is 11.8 Å². The Bertz CT molecular complexity index is 1310. The van der Waals surface area contributed by atoms with Crippen molar-refractivity contribution in [2.75, 3.05) is 54.2 Å². The van der Waals surface area contributed by atoms with E-state index in [1.165, 1.54) is 11.8 Å². The number of cyclic esters (lactones) is 1. The molecule has 3 aliphatic heterocycles. The molecule has 10 nitrogen and oxygen atoms in total. The topological polar surface area (TPSA) is 109 Å². The number of aromatic nitrogens is 2. The van der Waals surface area contributed by atoms with E-state index in [0.29, 0.717) is 18.8 Å². The summed E-state index contributed by atoms with van der Waals surface area (Å²) in [5.41, 5.74) is 2.34. The van der Waals surface area contributed by atoms with Crippen LogP contribution in [0.25, 0.3) is 10.9 Å². The lowest BCUT2D eigenvalue weighted by Crippen LogP contribution is -2.59. The van der Waals surface area contributed by atoms with Crippen LogP contribution in [-0.4, -0.2) is 73.2 Å². The first-order chi connectivity index (χ1) is 17.1. The van der Waals surface area contributed by atoms with Crippen molar-refractivity contribution in [1.82, 2.24) is 15.3 Å². The maximum atomic E-state index is 12.5. The lowest BCUT2D eigenvalue weighted by Gasteiger charge is -2.41. The SMILES string of the molecule is COc1ccc2ncnc(N3CC(NCC4CN(c5ccc6c(c5)NC(=O)CS6)C(=O)O4)C3)c2c1. The van der Waals surface area contributed by atoms with Crippen molar-refractivity contribution < 1.29 is 19.1 Å². The van der Waals surface area contributed by atoms with Gasteiger partial charge in [0.05, 0.1) is 30.6 Å². The van der Waals surface area contributed by atoms with Gasteiger partial charge in [-0.1, -0.05) is 0 Å². The number of nitrogens with zero attached hydrogens (tertiary/aromatic N) is 4. The minimum absolute atomic E-state index is 0.0330. The van der Waals surface area contributed by atoms with Crippen molar-refractivity contribution in [2.24, 2.45) is 0 Å². The number of rotatable bonds is 6. The van der Waals surface area contributed by atoms with Gasteiger partial charge in [0.25, 0.3) is 0 Å². The molecule has 6 rings (SSSR count). The number of amides is 2. The molecule has 35 heavy (non-hydrogen) atoms. The van der Waals surface area contributed by atoms with E-state index >= 15 is 0 Å². The van der Waals surface area contributed by atoms with Gasteiger partial charge in [-0.05, 0) is 36.4 Å². The molecule has 2 amide bonds. The molecule has 3 aromatic rings. The molecule has 0 saturated carbocycles. The summed E-state index contributed by atoms with van der Waals surface area (Å²) in [6.45, 7) is 2.63. The molecule has 0 bridgehead atoms. The van der Waals surface area contributed by atoms with Gasteiger partial charge in [0, 0.05) is 41.6 Å². The molecular weight excluding hydrogens is 468 g/mol.